The molecule has 6 heteroatoms. The van der Waals surface area contributed by atoms with Crippen molar-refractivity contribution in [1.82, 2.24) is 4.90 Å². The molecule has 0 spiro atoms. The van der Waals surface area contributed by atoms with Crippen LogP contribution in [0.2, 0.25) is 0 Å². The molecule has 1 fully saturated rings. The fourth-order valence-corrected chi connectivity index (χ4v) is 2.89. The lowest BCUT2D eigenvalue weighted by atomic mass is 10.0. The number of carbonyl (C=O) groups is 2. The highest BCUT2D eigenvalue weighted by atomic mass is 16.6. The molecule has 0 aromatic heterocycles. The zero-order valence-corrected chi connectivity index (χ0v) is 16.8. The Labute approximate surface area is 161 Å². The molecule has 2 rings (SSSR count). The first-order chi connectivity index (χ1) is 12.8. The number of amides is 1. The molecule has 2 unspecified atom stereocenters. The van der Waals surface area contributed by atoms with Gasteiger partial charge < -0.3 is 19.1 Å². The molecule has 1 amide bonds. The summed E-state index contributed by atoms with van der Waals surface area (Å²) in [5.74, 6) is -0.763. The van der Waals surface area contributed by atoms with Crippen LogP contribution in [0.1, 0.15) is 46.1 Å². The summed E-state index contributed by atoms with van der Waals surface area (Å²) < 4.78 is 16.2. The lowest BCUT2D eigenvalue weighted by molar-refractivity contribution is -0.164. The number of carbonyl (C=O) groups excluding carboxylic acids is 2. The summed E-state index contributed by atoms with van der Waals surface area (Å²) in [4.78, 5) is 26.5. The number of rotatable bonds is 8. The Balaban J connectivity index is 1.83. The minimum absolute atomic E-state index is 0.0455. The van der Waals surface area contributed by atoms with Gasteiger partial charge in [-0.25, -0.2) is 4.79 Å². The molecule has 0 saturated carbocycles. The number of benzene rings is 1. The molecule has 1 aromatic rings. The van der Waals surface area contributed by atoms with Crippen LogP contribution in [0.4, 0.5) is 0 Å². The average Bonchev–Trinajstić information content (AvgIpc) is 3.15. The summed E-state index contributed by atoms with van der Waals surface area (Å²) >= 11 is 0. The van der Waals surface area contributed by atoms with Crippen LogP contribution in [0.15, 0.2) is 30.3 Å². The first-order valence-electron chi connectivity index (χ1n) is 9.51. The van der Waals surface area contributed by atoms with Crippen molar-refractivity contribution in [1.29, 1.82) is 0 Å². The van der Waals surface area contributed by atoms with E-state index in [1.165, 1.54) is 0 Å². The van der Waals surface area contributed by atoms with E-state index in [4.69, 9.17) is 14.2 Å². The molecule has 0 aliphatic carbocycles. The number of nitrogens with zero attached hydrogens (tertiary/aromatic N) is 1. The van der Waals surface area contributed by atoms with Crippen LogP contribution in [0.25, 0.3) is 0 Å². The van der Waals surface area contributed by atoms with Gasteiger partial charge in [-0.05, 0) is 46.1 Å². The topological polar surface area (TPSA) is 65.1 Å². The van der Waals surface area contributed by atoms with Gasteiger partial charge in [0.05, 0.1) is 12.7 Å². The fraction of sp³-hybridized carbons (Fsp3) is 0.619. The van der Waals surface area contributed by atoms with Crippen molar-refractivity contribution < 1.29 is 23.8 Å². The van der Waals surface area contributed by atoms with Gasteiger partial charge in [-0.1, -0.05) is 30.3 Å². The lowest BCUT2D eigenvalue weighted by Crippen LogP contribution is -2.47. The molecule has 6 nitrogen and oxygen atoms in total. The Morgan fingerprint density at radius 1 is 1.26 bits per heavy atom. The third-order valence-electron chi connectivity index (χ3n) is 4.52. The third kappa shape index (κ3) is 6.96. The normalized spacial score (nSPS) is 18.1. The van der Waals surface area contributed by atoms with E-state index in [9.17, 15) is 9.59 Å². The minimum atomic E-state index is -0.723. The summed E-state index contributed by atoms with van der Waals surface area (Å²) in [7, 11) is 0. The highest BCUT2D eigenvalue weighted by Gasteiger charge is 2.28. The third-order valence-corrected chi connectivity index (χ3v) is 4.52. The molecule has 0 N–H and O–H groups in total. The van der Waals surface area contributed by atoms with Gasteiger partial charge in [0.2, 0.25) is 0 Å². The van der Waals surface area contributed by atoms with Gasteiger partial charge in [0.1, 0.15) is 0 Å². The molecule has 1 aromatic carbocycles. The van der Waals surface area contributed by atoms with Crippen LogP contribution >= 0.6 is 0 Å². The second-order valence-corrected chi connectivity index (χ2v) is 7.85. The van der Waals surface area contributed by atoms with Crippen molar-refractivity contribution >= 4 is 11.9 Å². The van der Waals surface area contributed by atoms with Gasteiger partial charge in [-0.3, -0.25) is 4.79 Å². The average molecular weight is 377 g/mol. The monoisotopic (exact) mass is 377 g/mol. The molecule has 0 bridgehead atoms. The maximum atomic E-state index is 12.7. The zero-order chi connectivity index (χ0) is 19.9. The van der Waals surface area contributed by atoms with Gasteiger partial charge in [0.25, 0.3) is 5.91 Å². The summed E-state index contributed by atoms with van der Waals surface area (Å²) in [6.07, 6.45) is 1.29. The van der Waals surface area contributed by atoms with Crippen LogP contribution < -0.4 is 0 Å². The molecule has 1 heterocycles. The largest absolute Gasteiger partial charge is 0.454 e. The van der Waals surface area contributed by atoms with Crippen LogP contribution in [-0.2, 0) is 30.3 Å². The first kappa shape index (κ1) is 21.4. The highest BCUT2D eigenvalue weighted by molar-refractivity contribution is 5.82. The Morgan fingerprint density at radius 2 is 1.96 bits per heavy atom. The first-order valence-corrected chi connectivity index (χ1v) is 9.51. The van der Waals surface area contributed by atoms with Gasteiger partial charge in [-0.2, -0.15) is 0 Å². The van der Waals surface area contributed by atoms with Crippen LogP contribution in [-0.4, -0.2) is 54.3 Å². The Bertz CT molecular complexity index is 605. The van der Waals surface area contributed by atoms with Crippen LogP contribution in [0.5, 0.6) is 0 Å². The molecule has 0 radical (unpaired) electrons. The Kier molecular flexibility index (Phi) is 7.80. The van der Waals surface area contributed by atoms with Gasteiger partial charge in [0, 0.05) is 18.7 Å². The molecular formula is C21H31NO5. The van der Waals surface area contributed by atoms with Crippen molar-refractivity contribution in [2.45, 2.75) is 64.8 Å². The van der Waals surface area contributed by atoms with E-state index in [0.717, 1.165) is 25.0 Å². The van der Waals surface area contributed by atoms with Crippen molar-refractivity contribution in [2.24, 2.45) is 0 Å². The Hall–Kier alpha value is -1.92. The second kappa shape index (κ2) is 9.85. The van der Waals surface area contributed by atoms with Crippen molar-refractivity contribution in [3.63, 3.8) is 0 Å². The van der Waals surface area contributed by atoms with E-state index < -0.39 is 12.1 Å². The summed E-state index contributed by atoms with van der Waals surface area (Å²) in [6.45, 7) is 8.79. The number of hydrogen-bond acceptors (Lipinski definition) is 5. The summed E-state index contributed by atoms with van der Waals surface area (Å²) in [5.41, 5.74) is 0.640. The Morgan fingerprint density at radius 3 is 2.56 bits per heavy atom. The van der Waals surface area contributed by atoms with Gasteiger partial charge in [-0.15, -0.1) is 0 Å². The van der Waals surface area contributed by atoms with E-state index in [2.05, 4.69) is 0 Å². The maximum Gasteiger partial charge on any atom is 0.335 e. The number of hydrogen-bond donors (Lipinski definition) is 0. The molecule has 150 valence electrons. The van der Waals surface area contributed by atoms with E-state index in [0.29, 0.717) is 13.2 Å². The molecular weight excluding hydrogens is 346 g/mol. The predicted molar refractivity (Wildman–Crippen MR) is 102 cm³/mol. The molecule has 1 aliphatic rings. The lowest BCUT2D eigenvalue weighted by Gasteiger charge is -2.35. The molecule has 1 aliphatic heterocycles. The maximum absolute atomic E-state index is 12.7. The minimum Gasteiger partial charge on any atom is -0.454 e. The summed E-state index contributed by atoms with van der Waals surface area (Å²) in [6, 6.07) is 9.76. The second-order valence-electron chi connectivity index (χ2n) is 7.85. The predicted octanol–water partition coefficient (Wildman–Crippen LogP) is 2.94. The van der Waals surface area contributed by atoms with E-state index in [1.54, 1.807) is 11.8 Å². The number of ether oxygens (including phenoxy) is 3. The quantitative estimate of drug-likeness (QED) is 0.652. The molecule has 1 saturated heterocycles. The highest BCUT2D eigenvalue weighted by Crippen LogP contribution is 2.18. The van der Waals surface area contributed by atoms with Crippen molar-refractivity contribution in [3.05, 3.63) is 35.9 Å². The van der Waals surface area contributed by atoms with Crippen molar-refractivity contribution in [2.75, 3.05) is 19.8 Å². The smallest absolute Gasteiger partial charge is 0.335 e. The van der Waals surface area contributed by atoms with Crippen LogP contribution in [0.3, 0.4) is 0 Å². The van der Waals surface area contributed by atoms with E-state index >= 15 is 0 Å². The zero-order valence-electron chi connectivity index (χ0n) is 16.8. The fourth-order valence-electron chi connectivity index (χ4n) is 2.89. The van der Waals surface area contributed by atoms with Gasteiger partial charge in [0.15, 0.2) is 12.7 Å². The summed E-state index contributed by atoms with van der Waals surface area (Å²) in [5, 5.41) is 0. The standard InChI is InChI=1S/C21H31NO5/c1-16(26-14-18-11-8-12-25-18)20(24)27-15-19(23)22(21(2,3)4)13-17-9-6-5-7-10-17/h5-7,9-10,16,18H,8,11-15H2,1-4H3. The van der Waals surface area contributed by atoms with E-state index in [1.807, 2.05) is 51.1 Å². The van der Waals surface area contributed by atoms with E-state index in [-0.39, 0.29) is 24.2 Å². The van der Waals surface area contributed by atoms with Gasteiger partial charge >= 0.3 is 5.97 Å². The van der Waals surface area contributed by atoms with Crippen LogP contribution in [0, 0.1) is 0 Å². The molecule has 27 heavy (non-hydrogen) atoms. The SMILES string of the molecule is CC(OCC1CCCO1)C(=O)OCC(=O)N(Cc1ccccc1)C(C)(C)C. The number of esters is 1. The van der Waals surface area contributed by atoms with Crippen molar-refractivity contribution in [3.8, 4) is 0 Å². The molecule has 2 atom stereocenters.